The molecule has 0 atom stereocenters. The Hall–Kier alpha value is -2.74. The Morgan fingerprint density at radius 3 is 2.64 bits per heavy atom. The van der Waals surface area contributed by atoms with Crippen LogP contribution in [-0.2, 0) is 4.79 Å². The van der Waals surface area contributed by atoms with E-state index in [0.717, 1.165) is 17.3 Å². The second-order valence-corrected chi connectivity index (χ2v) is 5.07. The summed E-state index contributed by atoms with van der Waals surface area (Å²) in [4.78, 5) is 19.6. The number of anilines is 1. The van der Waals surface area contributed by atoms with Crippen LogP contribution in [0.25, 0.3) is 11.5 Å². The molecule has 1 aromatic carbocycles. The molecule has 0 saturated heterocycles. The minimum Gasteiger partial charge on any atom is -0.411 e. The molecule has 3 rings (SSSR count). The van der Waals surface area contributed by atoms with Crippen molar-refractivity contribution >= 4 is 23.6 Å². The van der Waals surface area contributed by atoms with Crippen LogP contribution in [0.5, 0.6) is 0 Å². The monoisotopic (exact) mass is 313 g/mol. The molecule has 0 bridgehead atoms. The summed E-state index contributed by atoms with van der Waals surface area (Å²) in [6.07, 6.45) is 3.11. The number of hydrogen-bond acceptors (Lipinski definition) is 7. The molecule has 0 radical (unpaired) electrons. The molecule has 0 aliphatic carbocycles. The van der Waals surface area contributed by atoms with Gasteiger partial charge in [0.15, 0.2) is 0 Å². The quantitative estimate of drug-likeness (QED) is 0.722. The molecular weight excluding hydrogens is 302 g/mol. The van der Waals surface area contributed by atoms with E-state index in [-0.39, 0.29) is 17.6 Å². The van der Waals surface area contributed by atoms with Gasteiger partial charge in [0.1, 0.15) is 0 Å². The minimum absolute atomic E-state index is 0.134. The first kappa shape index (κ1) is 14.2. The van der Waals surface area contributed by atoms with Crippen molar-refractivity contribution in [3.63, 3.8) is 0 Å². The summed E-state index contributed by atoms with van der Waals surface area (Å²) in [6.45, 7) is 0. The summed E-state index contributed by atoms with van der Waals surface area (Å²) < 4.78 is 5.50. The first-order valence-electron chi connectivity index (χ1n) is 6.40. The summed E-state index contributed by atoms with van der Waals surface area (Å²) >= 11 is 1.16. The molecule has 110 valence electrons. The number of thioether (sulfide) groups is 1. The van der Waals surface area contributed by atoms with Gasteiger partial charge in [0.25, 0.3) is 5.22 Å². The highest BCUT2D eigenvalue weighted by Gasteiger charge is 2.11. The highest BCUT2D eigenvalue weighted by molar-refractivity contribution is 7.99. The van der Waals surface area contributed by atoms with Crippen molar-refractivity contribution in [1.82, 2.24) is 20.2 Å². The Morgan fingerprint density at radius 2 is 1.86 bits per heavy atom. The van der Waals surface area contributed by atoms with Crippen LogP contribution in [0.15, 0.2) is 58.4 Å². The van der Waals surface area contributed by atoms with Gasteiger partial charge in [-0.15, -0.1) is 10.2 Å². The molecule has 8 heteroatoms. The standard InChI is InChI=1S/C14H11N5O2S/c20-11(17-13-15-7-4-8-16-13)9-22-14-19-18-12(21-14)10-5-2-1-3-6-10/h1-8H,9H2,(H,15,16,17,20). The van der Waals surface area contributed by atoms with Crippen molar-refractivity contribution < 1.29 is 9.21 Å². The smallest absolute Gasteiger partial charge is 0.277 e. The van der Waals surface area contributed by atoms with Gasteiger partial charge >= 0.3 is 0 Å². The summed E-state index contributed by atoms with van der Waals surface area (Å²) in [6, 6.07) is 11.1. The summed E-state index contributed by atoms with van der Waals surface area (Å²) in [7, 11) is 0. The molecule has 0 spiro atoms. The third kappa shape index (κ3) is 3.67. The van der Waals surface area contributed by atoms with Crippen molar-refractivity contribution in [2.75, 3.05) is 11.1 Å². The summed E-state index contributed by atoms with van der Waals surface area (Å²) in [5, 5.41) is 10.8. The van der Waals surface area contributed by atoms with Gasteiger partial charge in [0, 0.05) is 18.0 Å². The molecule has 3 aromatic rings. The number of nitrogens with zero attached hydrogens (tertiary/aromatic N) is 4. The third-order valence-electron chi connectivity index (χ3n) is 2.57. The minimum atomic E-state index is -0.240. The van der Waals surface area contributed by atoms with Gasteiger partial charge in [-0.3, -0.25) is 10.1 Å². The number of carbonyl (C=O) groups is 1. The Balaban J connectivity index is 1.56. The molecule has 1 N–H and O–H groups in total. The number of carbonyl (C=O) groups excluding carboxylic acids is 1. The van der Waals surface area contributed by atoms with Gasteiger partial charge in [-0.25, -0.2) is 9.97 Å². The van der Waals surface area contributed by atoms with Gasteiger partial charge in [0.2, 0.25) is 17.7 Å². The maximum Gasteiger partial charge on any atom is 0.277 e. The van der Waals surface area contributed by atoms with E-state index in [1.165, 1.54) is 0 Å². The zero-order chi connectivity index (χ0) is 15.2. The number of benzene rings is 1. The predicted octanol–water partition coefficient (Wildman–Crippen LogP) is 2.26. The van der Waals surface area contributed by atoms with Gasteiger partial charge in [-0.1, -0.05) is 30.0 Å². The van der Waals surface area contributed by atoms with E-state index in [0.29, 0.717) is 11.1 Å². The molecule has 1 amide bonds. The predicted molar refractivity (Wildman–Crippen MR) is 81.1 cm³/mol. The van der Waals surface area contributed by atoms with Crippen molar-refractivity contribution in [3.05, 3.63) is 48.8 Å². The number of amides is 1. The van der Waals surface area contributed by atoms with Crippen molar-refractivity contribution in [2.45, 2.75) is 5.22 Å². The fourth-order valence-electron chi connectivity index (χ4n) is 1.62. The normalized spacial score (nSPS) is 10.4. The molecule has 2 aromatic heterocycles. The first-order valence-corrected chi connectivity index (χ1v) is 7.38. The molecule has 2 heterocycles. The van der Waals surface area contributed by atoms with Crippen LogP contribution in [0.3, 0.4) is 0 Å². The number of aromatic nitrogens is 4. The molecular formula is C14H11N5O2S. The van der Waals surface area contributed by atoms with Crippen LogP contribution < -0.4 is 5.32 Å². The van der Waals surface area contributed by atoms with Crippen LogP contribution >= 0.6 is 11.8 Å². The van der Waals surface area contributed by atoms with Crippen molar-refractivity contribution in [2.24, 2.45) is 0 Å². The van der Waals surface area contributed by atoms with Crippen LogP contribution in [0.1, 0.15) is 0 Å². The Morgan fingerprint density at radius 1 is 1.09 bits per heavy atom. The SMILES string of the molecule is O=C(CSc1nnc(-c2ccccc2)o1)Nc1ncccn1. The second kappa shape index (κ2) is 6.81. The van der Waals surface area contributed by atoms with E-state index in [9.17, 15) is 4.79 Å². The number of nitrogens with one attached hydrogen (secondary N) is 1. The van der Waals surface area contributed by atoms with Crippen LogP contribution in [0, 0.1) is 0 Å². The lowest BCUT2D eigenvalue weighted by Crippen LogP contribution is -2.15. The average molecular weight is 313 g/mol. The van der Waals surface area contributed by atoms with Crippen LogP contribution in [0.2, 0.25) is 0 Å². The fourth-order valence-corrected chi connectivity index (χ4v) is 2.18. The maximum atomic E-state index is 11.8. The number of rotatable bonds is 5. The Bertz CT molecular complexity index is 748. The van der Waals surface area contributed by atoms with Gasteiger partial charge in [-0.2, -0.15) is 0 Å². The summed E-state index contributed by atoms with van der Waals surface area (Å²) in [5.74, 6) is 0.587. The van der Waals surface area contributed by atoms with E-state index in [1.807, 2.05) is 30.3 Å². The molecule has 0 aliphatic rings. The van der Waals surface area contributed by atoms with Crippen LogP contribution in [0.4, 0.5) is 5.95 Å². The largest absolute Gasteiger partial charge is 0.411 e. The van der Waals surface area contributed by atoms with Gasteiger partial charge in [-0.05, 0) is 18.2 Å². The topological polar surface area (TPSA) is 93.8 Å². The Kier molecular flexibility index (Phi) is 4.40. The second-order valence-electron chi connectivity index (χ2n) is 4.15. The molecule has 0 fully saturated rings. The lowest BCUT2D eigenvalue weighted by molar-refractivity contribution is -0.113. The van der Waals surface area contributed by atoms with Gasteiger partial charge < -0.3 is 4.42 Å². The third-order valence-corrected chi connectivity index (χ3v) is 3.39. The zero-order valence-electron chi connectivity index (χ0n) is 11.3. The molecule has 0 aliphatic heterocycles. The fraction of sp³-hybridized carbons (Fsp3) is 0.0714. The highest BCUT2D eigenvalue weighted by Crippen LogP contribution is 2.22. The van der Waals surface area contributed by atoms with Gasteiger partial charge in [0.05, 0.1) is 5.75 Å². The lowest BCUT2D eigenvalue weighted by Gasteiger charge is -2.00. The summed E-state index contributed by atoms with van der Waals surface area (Å²) in [5.41, 5.74) is 0.837. The average Bonchev–Trinajstić information content (AvgIpc) is 3.04. The molecule has 22 heavy (non-hydrogen) atoms. The molecule has 0 unspecified atom stereocenters. The Labute approximate surface area is 130 Å². The van der Waals surface area contributed by atoms with E-state index in [1.54, 1.807) is 18.5 Å². The van der Waals surface area contributed by atoms with E-state index < -0.39 is 0 Å². The molecule has 0 saturated carbocycles. The van der Waals surface area contributed by atoms with Crippen molar-refractivity contribution in [3.8, 4) is 11.5 Å². The zero-order valence-corrected chi connectivity index (χ0v) is 12.2. The van der Waals surface area contributed by atoms with E-state index in [2.05, 4.69) is 25.5 Å². The highest BCUT2D eigenvalue weighted by atomic mass is 32.2. The maximum absolute atomic E-state index is 11.8. The van der Waals surface area contributed by atoms with Crippen LogP contribution in [-0.4, -0.2) is 31.8 Å². The van der Waals surface area contributed by atoms with E-state index >= 15 is 0 Å². The molecule has 7 nitrogen and oxygen atoms in total. The number of hydrogen-bond donors (Lipinski definition) is 1. The lowest BCUT2D eigenvalue weighted by atomic mass is 10.2. The first-order chi connectivity index (χ1) is 10.8. The van der Waals surface area contributed by atoms with Crippen molar-refractivity contribution in [1.29, 1.82) is 0 Å². The van der Waals surface area contributed by atoms with E-state index in [4.69, 9.17) is 4.42 Å².